The van der Waals surface area contributed by atoms with E-state index in [9.17, 15) is 24.6 Å². The van der Waals surface area contributed by atoms with Crippen LogP contribution in [0.4, 0.5) is 9.18 Å². The van der Waals surface area contributed by atoms with Gasteiger partial charge in [0, 0.05) is 0 Å². The number of nitrogens with zero attached hydrogens (tertiary/aromatic N) is 2. The zero-order chi connectivity index (χ0) is 25.7. The first-order valence-corrected chi connectivity index (χ1v) is 11.2. The summed E-state index contributed by atoms with van der Waals surface area (Å²) in [4.78, 5) is 27.2. The summed E-state index contributed by atoms with van der Waals surface area (Å²) in [5.74, 6) is -0.119. The summed E-state index contributed by atoms with van der Waals surface area (Å²) in [5.41, 5.74) is 0.610. The molecule has 0 aliphatic carbocycles. The van der Waals surface area contributed by atoms with E-state index in [1.807, 2.05) is 0 Å². The first-order chi connectivity index (χ1) is 15.8. The van der Waals surface area contributed by atoms with Gasteiger partial charge in [-0.25, -0.2) is 23.3 Å². The molecule has 6 N–H and O–H groups in total. The van der Waals surface area contributed by atoms with Crippen molar-refractivity contribution in [3.8, 4) is 6.07 Å². The number of aliphatic imine (C=N–C) groups is 1. The van der Waals surface area contributed by atoms with Crippen molar-refractivity contribution in [1.29, 1.82) is 10.7 Å². The van der Waals surface area contributed by atoms with Gasteiger partial charge in [-0.3, -0.25) is 9.93 Å². The second-order valence-electron chi connectivity index (χ2n) is 7.47. The fourth-order valence-corrected chi connectivity index (χ4v) is 3.67. The van der Waals surface area contributed by atoms with E-state index in [2.05, 4.69) is 24.0 Å². The average Bonchev–Trinajstić information content (AvgIpc) is 3.30. The zero-order valence-electron chi connectivity index (χ0n) is 18.4. The number of aliphatic hydroxyl groups is 1. The highest BCUT2D eigenvalue weighted by Gasteiger charge is 2.66. The summed E-state index contributed by atoms with van der Waals surface area (Å²) in [6, 6.07) is 4.34. The molecule has 1 fully saturated rings. The van der Waals surface area contributed by atoms with Crippen LogP contribution in [0.3, 0.4) is 0 Å². The van der Waals surface area contributed by atoms with Crippen LogP contribution in [0, 0.1) is 16.7 Å². The Labute approximate surface area is 193 Å². The quantitative estimate of drug-likeness (QED) is 0.0998. The average molecular weight is 505 g/mol. The summed E-state index contributed by atoms with van der Waals surface area (Å²) in [6.45, 7) is 2.18. The number of halogens is 1. The molecule has 0 bridgehead atoms. The van der Waals surface area contributed by atoms with Gasteiger partial charge in [-0.1, -0.05) is 0 Å². The molecule has 1 unspecified atom stereocenters. The van der Waals surface area contributed by atoms with E-state index in [4.69, 9.17) is 20.4 Å². The van der Waals surface area contributed by atoms with Gasteiger partial charge in [-0.15, -0.1) is 0 Å². The number of aromatic nitrogens is 1. The lowest BCUT2D eigenvalue weighted by molar-refractivity contribution is -0.0727. The maximum atomic E-state index is 15.6. The van der Waals surface area contributed by atoms with Crippen molar-refractivity contribution in [3.05, 3.63) is 23.5 Å². The smallest absolute Gasteiger partial charge is 0.432 e. The summed E-state index contributed by atoms with van der Waals surface area (Å²) in [7, 11) is -4.83. The van der Waals surface area contributed by atoms with Crippen LogP contribution < -0.4 is 5.73 Å². The Morgan fingerprint density at radius 3 is 2.79 bits per heavy atom. The molecule has 1 aromatic rings. The van der Waals surface area contributed by atoms with Gasteiger partial charge in [0.1, 0.15) is 30.5 Å². The van der Waals surface area contributed by atoms with E-state index in [-0.39, 0.29) is 17.2 Å². The van der Waals surface area contributed by atoms with Crippen LogP contribution in [0.25, 0.3) is 0 Å². The minimum atomic E-state index is -4.83. The fraction of sp³-hybridized carbons (Fsp3) is 0.556. The van der Waals surface area contributed by atoms with Gasteiger partial charge in [-0.2, -0.15) is 5.26 Å². The van der Waals surface area contributed by atoms with E-state index in [0.717, 1.165) is 6.92 Å². The number of alkyl halides is 1. The van der Waals surface area contributed by atoms with Gasteiger partial charge < -0.3 is 34.9 Å². The van der Waals surface area contributed by atoms with Crippen molar-refractivity contribution in [3.63, 3.8) is 0 Å². The molecule has 0 spiro atoms. The maximum Gasteiger partial charge on any atom is 0.510 e. The van der Waals surface area contributed by atoms with Crippen LogP contribution in [0.5, 0.6) is 0 Å². The number of phosphoric acid groups is 1. The van der Waals surface area contributed by atoms with E-state index in [0.29, 0.717) is 6.34 Å². The Morgan fingerprint density at radius 1 is 1.53 bits per heavy atom. The molecule has 1 aliphatic rings. The lowest BCUT2D eigenvalue weighted by Gasteiger charge is -2.30. The molecule has 5 atom stereocenters. The number of nitrogens with one attached hydrogen (secondary N) is 2. The highest BCUT2D eigenvalue weighted by Crippen LogP contribution is 2.51. The van der Waals surface area contributed by atoms with E-state index in [1.54, 1.807) is 19.9 Å². The number of carbonyl (C=O) groups is 1. The Hall–Kier alpha value is -2.86. The SMILES string of the molecule is CC(C)OC(=O)OCOP(=O)(O)OC[C@H]1O[C@@](C#N)(c2ccc(C(N)=NC=N)[nH]2)[C@](C)(F)[C@@H]1O. The number of ether oxygens (including phenoxy) is 3. The van der Waals surface area contributed by atoms with Crippen molar-refractivity contribution >= 4 is 26.2 Å². The molecule has 0 amide bonds. The van der Waals surface area contributed by atoms with E-state index in [1.165, 1.54) is 12.1 Å². The molecule has 0 saturated carbocycles. The number of hydrogen-bond donors (Lipinski definition) is 5. The molecule has 0 radical (unpaired) electrons. The first-order valence-electron chi connectivity index (χ1n) is 9.73. The second-order valence-corrected chi connectivity index (χ2v) is 8.92. The van der Waals surface area contributed by atoms with Crippen LogP contribution in [0.1, 0.15) is 32.2 Å². The van der Waals surface area contributed by atoms with Gasteiger partial charge in [0.05, 0.1) is 24.1 Å². The number of amidine groups is 1. The van der Waals surface area contributed by atoms with Crippen molar-refractivity contribution in [2.75, 3.05) is 13.4 Å². The molecular formula is C18H25FN5O9P. The monoisotopic (exact) mass is 505 g/mol. The Kier molecular flexibility index (Phi) is 8.54. The van der Waals surface area contributed by atoms with Gasteiger partial charge >= 0.3 is 14.0 Å². The normalized spacial score (nSPS) is 28.8. The number of carbonyl (C=O) groups excluding carboxylic acids is 1. The number of phosphoric ester groups is 1. The molecule has 34 heavy (non-hydrogen) atoms. The van der Waals surface area contributed by atoms with Crippen molar-refractivity contribution in [2.24, 2.45) is 10.7 Å². The highest BCUT2D eigenvalue weighted by atomic mass is 31.2. The summed E-state index contributed by atoms with van der Waals surface area (Å²) in [5, 5.41) is 27.2. The molecular weight excluding hydrogens is 480 g/mol. The van der Waals surface area contributed by atoms with Crippen molar-refractivity contribution in [2.45, 2.75) is 50.4 Å². The number of hydrogen-bond acceptors (Lipinski definition) is 10. The molecule has 2 heterocycles. The van der Waals surface area contributed by atoms with Gasteiger partial charge in [0.2, 0.25) is 12.4 Å². The summed E-state index contributed by atoms with van der Waals surface area (Å²) >= 11 is 0. The molecule has 1 saturated heterocycles. The van der Waals surface area contributed by atoms with E-state index < -0.39 is 57.0 Å². The molecule has 1 aliphatic heterocycles. The predicted molar refractivity (Wildman–Crippen MR) is 112 cm³/mol. The standard InChI is InChI=1S/C18H25FN5O9P/c1-10(2)32-16(26)29-9-31-34(27,28)30-6-12-14(25)17(3,19)18(7-20,33-12)13-5-4-11(24-13)15(22)23-8-21/h4-5,8,10,12,14,24-25H,6,9H2,1-3H3,(H,27,28)(H3,21,22,23)/t12-,14-,17-,18+/m1/s1. The molecule has 16 heteroatoms. The third kappa shape index (κ3) is 5.79. The molecule has 14 nitrogen and oxygen atoms in total. The topological polar surface area (TPSA) is 223 Å². The predicted octanol–water partition coefficient (Wildman–Crippen LogP) is 1.19. The number of aromatic amines is 1. The summed E-state index contributed by atoms with van der Waals surface area (Å²) in [6.07, 6.45) is -4.50. The van der Waals surface area contributed by atoms with Crippen molar-refractivity contribution in [1.82, 2.24) is 4.98 Å². The van der Waals surface area contributed by atoms with Crippen LogP contribution in [-0.2, 0) is 33.4 Å². The highest BCUT2D eigenvalue weighted by molar-refractivity contribution is 7.47. The number of nitrogens with two attached hydrogens (primary N) is 1. The summed E-state index contributed by atoms with van der Waals surface area (Å²) < 4.78 is 51.4. The minimum Gasteiger partial charge on any atom is -0.432 e. The van der Waals surface area contributed by atoms with Crippen molar-refractivity contribution < 1.29 is 47.0 Å². The Morgan fingerprint density at radius 2 is 2.21 bits per heavy atom. The maximum absolute atomic E-state index is 15.6. The largest absolute Gasteiger partial charge is 0.510 e. The molecule has 0 aromatic carbocycles. The molecule has 2 rings (SSSR count). The molecule has 1 aromatic heterocycles. The zero-order valence-corrected chi connectivity index (χ0v) is 19.3. The first kappa shape index (κ1) is 27.4. The van der Waals surface area contributed by atoms with Crippen LogP contribution in [-0.4, -0.2) is 70.7 Å². The number of rotatable bonds is 10. The Balaban J connectivity index is 2.11. The third-order valence-electron chi connectivity index (χ3n) is 4.75. The van der Waals surface area contributed by atoms with Gasteiger partial charge in [0.15, 0.2) is 5.67 Å². The van der Waals surface area contributed by atoms with Crippen LogP contribution in [0.15, 0.2) is 17.1 Å². The second kappa shape index (κ2) is 10.6. The van der Waals surface area contributed by atoms with Gasteiger partial charge in [-0.05, 0) is 32.9 Å². The number of H-pyrrole nitrogens is 1. The third-order valence-corrected chi connectivity index (χ3v) is 5.66. The van der Waals surface area contributed by atoms with E-state index >= 15 is 4.39 Å². The number of aliphatic hydroxyl groups excluding tert-OH is 1. The lowest BCUT2D eigenvalue weighted by atomic mass is 9.82. The lowest BCUT2D eigenvalue weighted by Crippen LogP contribution is -2.48. The molecule has 188 valence electrons. The van der Waals surface area contributed by atoms with Gasteiger partial charge in [0.25, 0.3) is 0 Å². The fourth-order valence-electron chi connectivity index (χ4n) is 3.07. The minimum absolute atomic E-state index is 0.119. The number of nitriles is 1. The Bertz CT molecular complexity index is 1020. The van der Waals surface area contributed by atoms with Crippen LogP contribution in [0.2, 0.25) is 0 Å². The van der Waals surface area contributed by atoms with Crippen LogP contribution >= 0.6 is 7.82 Å².